The predicted molar refractivity (Wildman–Crippen MR) is 102 cm³/mol. The number of ketones is 1. The number of ether oxygens (including phenoxy) is 1. The summed E-state index contributed by atoms with van der Waals surface area (Å²) in [4.78, 5) is 23.1. The minimum absolute atomic E-state index is 0.115. The molecule has 0 aromatic heterocycles. The van der Waals surface area contributed by atoms with Crippen molar-refractivity contribution < 1.29 is 24.5 Å². The summed E-state index contributed by atoms with van der Waals surface area (Å²) in [6.07, 6.45) is -2.66. The number of carbonyl (C=O) groups excluding carboxylic acids is 2. The lowest BCUT2D eigenvalue weighted by Gasteiger charge is -2.18. The molecule has 2 aromatic carbocycles. The zero-order chi connectivity index (χ0) is 19.6. The first kappa shape index (κ1) is 20.9. The van der Waals surface area contributed by atoms with E-state index < -0.39 is 18.3 Å². The fraction of sp³-hybridized carbons (Fsp3) is 0.300. The molecule has 1 amide bonds. The highest BCUT2D eigenvalue weighted by atomic mass is 35.5. The molecular weight excluding hydrogens is 370 g/mol. The Hall–Kier alpha value is -2.41. The minimum Gasteiger partial charge on any atom is -0.445 e. The molecule has 144 valence electrons. The molecule has 0 aliphatic carbocycles. The lowest BCUT2D eigenvalue weighted by molar-refractivity contribution is 0.0136. The van der Waals surface area contributed by atoms with Crippen LogP contribution < -0.4 is 5.32 Å². The van der Waals surface area contributed by atoms with E-state index in [2.05, 4.69) is 5.32 Å². The number of aliphatic hydroxyl groups excluding tert-OH is 2. The highest BCUT2D eigenvalue weighted by molar-refractivity contribution is 6.30. The number of nitrogens with one attached hydrogen (secondary N) is 1. The molecule has 0 aliphatic rings. The summed E-state index contributed by atoms with van der Waals surface area (Å²) in [6, 6.07) is 15.5. The van der Waals surface area contributed by atoms with Gasteiger partial charge < -0.3 is 20.3 Å². The van der Waals surface area contributed by atoms with E-state index >= 15 is 0 Å². The topological polar surface area (TPSA) is 95.9 Å². The molecule has 2 rings (SSSR count). The number of rotatable bonds is 9. The van der Waals surface area contributed by atoms with E-state index in [-0.39, 0.29) is 31.2 Å². The summed E-state index contributed by atoms with van der Waals surface area (Å²) in [6.45, 7) is 0.305. The van der Waals surface area contributed by atoms with Crippen molar-refractivity contribution in [3.8, 4) is 0 Å². The molecule has 27 heavy (non-hydrogen) atoms. The Morgan fingerprint density at radius 1 is 1.04 bits per heavy atom. The van der Waals surface area contributed by atoms with Crippen molar-refractivity contribution in [1.82, 2.24) is 5.32 Å². The predicted octanol–water partition coefficient (Wildman–Crippen LogP) is 2.82. The van der Waals surface area contributed by atoms with Crippen molar-refractivity contribution in [2.45, 2.75) is 25.2 Å². The number of amides is 1. The van der Waals surface area contributed by atoms with Gasteiger partial charge >= 0.3 is 6.09 Å². The smallest absolute Gasteiger partial charge is 0.407 e. The van der Waals surface area contributed by atoms with Crippen LogP contribution in [0.25, 0.3) is 0 Å². The van der Waals surface area contributed by atoms with Crippen LogP contribution in [0, 0.1) is 0 Å². The molecular formula is C20H22ClNO5. The molecule has 0 spiro atoms. The van der Waals surface area contributed by atoms with E-state index in [1.165, 1.54) is 0 Å². The summed E-state index contributed by atoms with van der Waals surface area (Å²) in [5.74, 6) is -0.326. The second-order valence-electron chi connectivity index (χ2n) is 5.97. The molecule has 6 nitrogen and oxygen atoms in total. The Bertz CT molecular complexity index is 736. The molecule has 2 aromatic rings. The molecule has 2 unspecified atom stereocenters. The van der Waals surface area contributed by atoms with Crippen LogP contribution in [0.1, 0.15) is 34.0 Å². The summed E-state index contributed by atoms with van der Waals surface area (Å²) in [5.41, 5.74) is 1.79. The molecule has 0 saturated carbocycles. The molecule has 3 N–H and O–H groups in total. The van der Waals surface area contributed by atoms with Crippen LogP contribution in [0.3, 0.4) is 0 Å². The molecule has 0 aliphatic heterocycles. The van der Waals surface area contributed by atoms with Crippen molar-refractivity contribution in [2.24, 2.45) is 0 Å². The van der Waals surface area contributed by atoms with Crippen LogP contribution >= 0.6 is 11.6 Å². The Morgan fingerprint density at radius 2 is 1.70 bits per heavy atom. The molecule has 0 bridgehead atoms. The zero-order valence-electron chi connectivity index (χ0n) is 14.7. The van der Waals surface area contributed by atoms with Gasteiger partial charge in [-0.2, -0.15) is 0 Å². The summed E-state index contributed by atoms with van der Waals surface area (Å²) in [5, 5.41) is 22.8. The number of alkyl carbamates (subject to hydrolysis) is 1. The number of aliphatic hydroxyl groups is 2. The highest BCUT2D eigenvalue weighted by Crippen LogP contribution is 2.19. The Balaban J connectivity index is 1.73. The van der Waals surface area contributed by atoms with E-state index in [1.807, 2.05) is 30.3 Å². The largest absolute Gasteiger partial charge is 0.445 e. The second-order valence-corrected chi connectivity index (χ2v) is 6.24. The number of alkyl halides is 1. The Morgan fingerprint density at radius 3 is 2.33 bits per heavy atom. The molecule has 0 radical (unpaired) electrons. The van der Waals surface area contributed by atoms with Crippen LogP contribution in [-0.2, 0) is 11.3 Å². The SMILES string of the molecule is O=C(NCCC(O)C(O)c1ccc(C(=O)CCl)cc1)OCc1ccccc1. The number of hydrogen-bond donors (Lipinski definition) is 3. The maximum Gasteiger partial charge on any atom is 0.407 e. The van der Waals surface area contributed by atoms with Gasteiger partial charge in [0.1, 0.15) is 12.7 Å². The van der Waals surface area contributed by atoms with E-state index in [9.17, 15) is 19.8 Å². The fourth-order valence-corrected chi connectivity index (χ4v) is 2.57. The van der Waals surface area contributed by atoms with Crippen molar-refractivity contribution in [1.29, 1.82) is 0 Å². The van der Waals surface area contributed by atoms with E-state index in [0.717, 1.165) is 5.56 Å². The molecule has 2 atom stereocenters. The van der Waals surface area contributed by atoms with Crippen molar-refractivity contribution in [3.05, 3.63) is 71.3 Å². The first-order chi connectivity index (χ1) is 13.0. The molecule has 7 heteroatoms. The van der Waals surface area contributed by atoms with Gasteiger partial charge in [0.25, 0.3) is 0 Å². The fourth-order valence-electron chi connectivity index (χ4n) is 2.42. The van der Waals surface area contributed by atoms with Crippen LogP contribution in [0.4, 0.5) is 4.79 Å². The minimum atomic E-state index is -1.13. The lowest BCUT2D eigenvalue weighted by atomic mass is 10.00. The average molecular weight is 392 g/mol. The third-order valence-electron chi connectivity index (χ3n) is 3.98. The van der Waals surface area contributed by atoms with Gasteiger partial charge in [-0.15, -0.1) is 11.6 Å². The van der Waals surface area contributed by atoms with Gasteiger partial charge in [-0.05, 0) is 17.5 Å². The second kappa shape index (κ2) is 10.7. The normalized spacial score (nSPS) is 12.9. The van der Waals surface area contributed by atoms with Gasteiger partial charge in [0.15, 0.2) is 5.78 Å². The third-order valence-corrected chi connectivity index (χ3v) is 4.22. The monoisotopic (exact) mass is 391 g/mol. The number of hydrogen-bond acceptors (Lipinski definition) is 5. The van der Waals surface area contributed by atoms with E-state index in [1.54, 1.807) is 24.3 Å². The first-order valence-corrected chi connectivity index (χ1v) is 9.04. The van der Waals surface area contributed by atoms with Crippen molar-refractivity contribution in [3.63, 3.8) is 0 Å². The lowest BCUT2D eigenvalue weighted by Crippen LogP contribution is -2.29. The van der Waals surface area contributed by atoms with Gasteiger partial charge in [0, 0.05) is 12.1 Å². The van der Waals surface area contributed by atoms with Crippen LogP contribution in [0.15, 0.2) is 54.6 Å². The standard InChI is InChI=1S/C20H22ClNO5/c21-12-18(24)15-6-8-16(9-7-15)19(25)17(23)10-11-22-20(26)27-13-14-4-2-1-3-5-14/h1-9,17,19,23,25H,10-13H2,(H,22,26). The summed E-state index contributed by atoms with van der Waals surface area (Å²) in [7, 11) is 0. The quantitative estimate of drug-likeness (QED) is 0.451. The average Bonchev–Trinajstić information content (AvgIpc) is 2.72. The molecule has 0 saturated heterocycles. The van der Waals surface area contributed by atoms with Gasteiger partial charge in [-0.25, -0.2) is 4.79 Å². The summed E-state index contributed by atoms with van der Waals surface area (Å²) < 4.78 is 5.06. The third kappa shape index (κ3) is 6.67. The molecule has 0 heterocycles. The van der Waals surface area contributed by atoms with Crippen LogP contribution in [0.5, 0.6) is 0 Å². The van der Waals surface area contributed by atoms with Crippen LogP contribution in [-0.4, -0.2) is 40.6 Å². The number of Topliss-reactive ketones (excluding diaryl/α,β-unsaturated/α-hetero) is 1. The Labute approximate surface area is 162 Å². The van der Waals surface area contributed by atoms with Gasteiger partial charge in [-0.3, -0.25) is 4.79 Å². The maximum absolute atomic E-state index is 11.6. The summed E-state index contributed by atoms with van der Waals surface area (Å²) >= 11 is 5.50. The Kier molecular flexibility index (Phi) is 8.26. The highest BCUT2D eigenvalue weighted by Gasteiger charge is 2.19. The van der Waals surface area contributed by atoms with Gasteiger partial charge in [0.2, 0.25) is 0 Å². The van der Waals surface area contributed by atoms with Crippen LogP contribution in [0.2, 0.25) is 0 Å². The molecule has 0 fully saturated rings. The maximum atomic E-state index is 11.6. The number of benzene rings is 2. The number of carbonyl (C=O) groups is 2. The van der Waals surface area contributed by atoms with Crippen molar-refractivity contribution in [2.75, 3.05) is 12.4 Å². The first-order valence-electron chi connectivity index (χ1n) is 8.51. The van der Waals surface area contributed by atoms with Crippen molar-refractivity contribution >= 4 is 23.5 Å². The van der Waals surface area contributed by atoms with E-state index in [0.29, 0.717) is 11.1 Å². The van der Waals surface area contributed by atoms with Gasteiger partial charge in [0.05, 0.1) is 12.0 Å². The number of halogens is 1. The van der Waals surface area contributed by atoms with Gasteiger partial charge in [-0.1, -0.05) is 54.6 Å². The zero-order valence-corrected chi connectivity index (χ0v) is 15.4. The van der Waals surface area contributed by atoms with E-state index in [4.69, 9.17) is 16.3 Å².